The van der Waals surface area contributed by atoms with Crippen molar-refractivity contribution in [2.45, 2.75) is 24.4 Å². The quantitative estimate of drug-likeness (QED) is 0.158. The van der Waals surface area contributed by atoms with E-state index in [9.17, 15) is 13.2 Å². The first-order valence-corrected chi connectivity index (χ1v) is 17.8. The largest absolute Gasteiger partial charge is 0.497 e. The maximum absolute atomic E-state index is 13.9. The van der Waals surface area contributed by atoms with Crippen LogP contribution in [0.5, 0.6) is 5.75 Å². The number of carbonyl (C=O) groups is 1. The Morgan fingerprint density at radius 2 is 1.64 bits per heavy atom. The Morgan fingerprint density at radius 1 is 0.915 bits per heavy atom. The number of anilines is 2. The third-order valence-electron chi connectivity index (χ3n) is 7.91. The topological polar surface area (TPSA) is 101 Å². The van der Waals surface area contributed by atoms with E-state index in [1.165, 1.54) is 35.2 Å². The number of amides is 1. The Morgan fingerprint density at radius 3 is 2.40 bits per heavy atom. The van der Waals surface area contributed by atoms with E-state index in [1.807, 2.05) is 24.3 Å². The number of benzene rings is 4. The molecule has 12 heteroatoms. The van der Waals surface area contributed by atoms with Gasteiger partial charge in [-0.25, -0.2) is 13.4 Å². The van der Waals surface area contributed by atoms with Crippen LogP contribution in [-0.4, -0.2) is 37.9 Å². The zero-order chi connectivity index (χ0) is 31.7. The lowest BCUT2D eigenvalue weighted by Gasteiger charge is -2.27. The van der Waals surface area contributed by atoms with Gasteiger partial charge in [0.2, 0.25) is 0 Å². The van der Waals surface area contributed by atoms with Gasteiger partial charge in [0.25, 0.3) is 15.9 Å². The average molecular weight is 703 g/mol. The number of thiophene rings is 1. The molecule has 1 aliphatic heterocycles. The standard InChI is InChI=1S/C35H30N4O4S3.ClH/c1-43-24-15-17-25(18-16-24)46(41,42)38-28-12-6-5-11-26(28)33(40)37-35-32(34-36-29-13-7-8-14-30(29)44-34)27-19-20-39(22-31(27)45-35)21-23-9-3-2-4-10-23;/h2-18,38H,19-22H2,1H3,(H,37,40);1H. The number of hydrogen-bond acceptors (Lipinski definition) is 8. The number of ether oxygens (including phenoxy) is 1. The average Bonchev–Trinajstić information content (AvgIpc) is 3.65. The van der Waals surface area contributed by atoms with Crippen LogP contribution in [0.25, 0.3) is 20.8 Å². The van der Waals surface area contributed by atoms with Crippen molar-refractivity contribution in [1.82, 2.24) is 9.88 Å². The fourth-order valence-corrected chi connectivity index (χ4v) is 9.10. The summed E-state index contributed by atoms with van der Waals surface area (Å²) in [6, 6.07) is 31.2. The molecule has 0 radical (unpaired) electrons. The van der Waals surface area contributed by atoms with Crippen molar-refractivity contribution in [1.29, 1.82) is 0 Å². The molecule has 7 rings (SSSR count). The molecular weight excluding hydrogens is 672 g/mol. The number of aromatic nitrogens is 1. The van der Waals surface area contributed by atoms with Gasteiger partial charge in [0.1, 0.15) is 15.8 Å². The number of thiazole rings is 1. The molecule has 8 nitrogen and oxygen atoms in total. The Kier molecular flexibility index (Phi) is 9.62. The Balaban J connectivity index is 0.00000386. The van der Waals surface area contributed by atoms with Crippen LogP contribution in [0, 0.1) is 0 Å². The highest BCUT2D eigenvalue weighted by Gasteiger charge is 2.29. The summed E-state index contributed by atoms with van der Waals surface area (Å²) in [5, 5.41) is 4.72. The van der Waals surface area contributed by atoms with E-state index in [-0.39, 0.29) is 28.6 Å². The molecular formula is C35H31ClN4O4S3. The molecule has 2 N–H and O–H groups in total. The second-order valence-corrected chi connectivity index (χ2v) is 14.7. The van der Waals surface area contributed by atoms with Crippen LogP contribution in [0.15, 0.2) is 108 Å². The minimum Gasteiger partial charge on any atom is -0.497 e. The van der Waals surface area contributed by atoms with Gasteiger partial charge < -0.3 is 10.1 Å². The van der Waals surface area contributed by atoms with E-state index in [0.717, 1.165) is 46.8 Å². The summed E-state index contributed by atoms with van der Waals surface area (Å²) < 4.78 is 35.4. The van der Waals surface area contributed by atoms with E-state index in [1.54, 1.807) is 59.1 Å². The Bertz CT molecular complexity index is 2120. The van der Waals surface area contributed by atoms with Crippen LogP contribution in [0.3, 0.4) is 0 Å². The minimum atomic E-state index is -3.96. The first-order chi connectivity index (χ1) is 22.4. The third kappa shape index (κ3) is 6.90. The van der Waals surface area contributed by atoms with Gasteiger partial charge in [-0.1, -0.05) is 54.6 Å². The predicted molar refractivity (Wildman–Crippen MR) is 193 cm³/mol. The molecule has 47 heavy (non-hydrogen) atoms. The fraction of sp³-hybridized carbons (Fsp3) is 0.143. The van der Waals surface area contributed by atoms with Crippen molar-refractivity contribution in [3.8, 4) is 16.3 Å². The molecule has 0 fully saturated rings. The summed E-state index contributed by atoms with van der Waals surface area (Å²) in [5.41, 5.74) is 4.73. The zero-order valence-electron chi connectivity index (χ0n) is 25.3. The highest BCUT2D eigenvalue weighted by Crippen LogP contribution is 2.46. The molecule has 0 unspecified atom stereocenters. The molecule has 0 saturated heterocycles. The molecule has 1 amide bonds. The zero-order valence-corrected chi connectivity index (χ0v) is 28.6. The molecule has 0 aliphatic carbocycles. The lowest BCUT2D eigenvalue weighted by molar-refractivity contribution is 0.102. The number of fused-ring (bicyclic) bond motifs is 2. The van der Waals surface area contributed by atoms with E-state index >= 15 is 0 Å². The smallest absolute Gasteiger partial charge is 0.261 e. The van der Waals surface area contributed by atoms with Crippen LogP contribution >= 0.6 is 35.1 Å². The van der Waals surface area contributed by atoms with Gasteiger partial charge in [-0.2, -0.15) is 0 Å². The van der Waals surface area contributed by atoms with Crippen LogP contribution in [0.2, 0.25) is 0 Å². The summed E-state index contributed by atoms with van der Waals surface area (Å²) in [6.45, 7) is 2.50. The molecule has 240 valence electrons. The van der Waals surface area contributed by atoms with Crippen molar-refractivity contribution in [3.63, 3.8) is 0 Å². The van der Waals surface area contributed by atoms with E-state index in [0.29, 0.717) is 10.8 Å². The van der Waals surface area contributed by atoms with Crippen molar-refractivity contribution in [2.75, 3.05) is 23.7 Å². The molecule has 1 aliphatic rings. The number of halogens is 1. The maximum atomic E-state index is 13.9. The number of nitrogens with zero attached hydrogens (tertiary/aromatic N) is 2. The Hall–Kier alpha value is -4.26. The first kappa shape index (κ1) is 32.7. The van der Waals surface area contributed by atoms with Crippen molar-refractivity contribution >= 4 is 71.9 Å². The summed E-state index contributed by atoms with van der Waals surface area (Å²) in [4.78, 5) is 22.6. The number of para-hydroxylation sites is 2. The van der Waals surface area contributed by atoms with Crippen molar-refractivity contribution in [3.05, 3.63) is 125 Å². The van der Waals surface area contributed by atoms with Crippen LogP contribution in [-0.2, 0) is 29.5 Å². The van der Waals surface area contributed by atoms with Gasteiger partial charge in [-0.05, 0) is 66.1 Å². The SMILES string of the molecule is COc1ccc(S(=O)(=O)Nc2ccccc2C(=O)Nc2sc3c(c2-c2nc4ccccc4s2)CCN(Cc2ccccc2)C3)cc1.Cl. The second kappa shape index (κ2) is 13.8. The molecule has 0 bridgehead atoms. The summed E-state index contributed by atoms with van der Waals surface area (Å²) >= 11 is 3.18. The van der Waals surface area contributed by atoms with E-state index < -0.39 is 15.9 Å². The number of hydrogen-bond donors (Lipinski definition) is 2. The van der Waals surface area contributed by atoms with Gasteiger partial charge in [-0.15, -0.1) is 35.1 Å². The van der Waals surface area contributed by atoms with Gasteiger partial charge in [0, 0.05) is 30.1 Å². The van der Waals surface area contributed by atoms with Gasteiger partial charge in [0.05, 0.1) is 33.5 Å². The second-order valence-electron chi connectivity index (χ2n) is 10.9. The third-order valence-corrected chi connectivity index (χ3v) is 11.5. The number of carbonyl (C=O) groups excluding carboxylic acids is 1. The lowest BCUT2D eigenvalue weighted by atomic mass is 10.0. The van der Waals surface area contributed by atoms with E-state index in [4.69, 9.17) is 9.72 Å². The summed E-state index contributed by atoms with van der Waals surface area (Å²) in [5.74, 6) is 0.139. The molecule has 3 heterocycles. The van der Waals surface area contributed by atoms with Crippen LogP contribution < -0.4 is 14.8 Å². The van der Waals surface area contributed by atoms with E-state index in [2.05, 4.69) is 45.3 Å². The monoisotopic (exact) mass is 702 g/mol. The molecule has 0 atom stereocenters. The predicted octanol–water partition coefficient (Wildman–Crippen LogP) is 8.07. The number of nitrogens with one attached hydrogen (secondary N) is 2. The first-order valence-electron chi connectivity index (χ1n) is 14.7. The molecule has 0 spiro atoms. The van der Waals surface area contributed by atoms with Crippen molar-refractivity contribution < 1.29 is 17.9 Å². The van der Waals surface area contributed by atoms with Crippen LogP contribution in [0.1, 0.15) is 26.4 Å². The maximum Gasteiger partial charge on any atom is 0.261 e. The Labute approximate surface area is 287 Å². The van der Waals surface area contributed by atoms with Crippen molar-refractivity contribution in [2.24, 2.45) is 0 Å². The van der Waals surface area contributed by atoms with Gasteiger partial charge in [0.15, 0.2) is 0 Å². The summed E-state index contributed by atoms with van der Waals surface area (Å²) in [6.07, 6.45) is 0.831. The highest BCUT2D eigenvalue weighted by atomic mass is 35.5. The van der Waals surface area contributed by atoms with Crippen LogP contribution in [0.4, 0.5) is 10.7 Å². The fourth-order valence-electron chi connectivity index (χ4n) is 5.63. The van der Waals surface area contributed by atoms with Gasteiger partial charge >= 0.3 is 0 Å². The highest BCUT2D eigenvalue weighted by molar-refractivity contribution is 7.92. The minimum absolute atomic E-state index is 0. The lowest BCUT2D eigenvalue weighted by Crippen LogP contribution is -2.29. The van der Waals surface area contributed by atoms with Gasteiger partial charge in [-0.3, -0.25) is 14.4 Å². The molecule has 4 aromatic carbocycles. The normalized spacial score (nSPS) is 13.0. The number of sulfonamides is 1. The molecule has 0 saturated carbocycles. The molecule has 2 aromatic heterocycles. The number of rotatable bonds is 9. The number of methoxy groups -OCH3 is 1. The molecule has 6 aromatic rings. The summed E-state index contributed by atoms with van der Waals surface area (Å²) in [7, 11) is -2.45.